The van der Waals surface area contributed by atoms with E-state index in [1.165, 1.54) is 24.5 Å². The first-order valence-corrected chi connectivity index (χ1v) is 13.5. The lowest BCUT2D eigenvalue weighted by Gasteiger charge is -2.57. The summed E-state index contributed by atoms with van der Waals surface area (Å²) in [5.74, 6) is 2.03. The molecular weight excluding hydrogens is 432 g/mol. The number of Topliss-reactive ketones (excluding diaryl/α,β-unsaturated/α-hetero) is 1. The summed E-state index contributed by atoms with van der Waals surface area (Å²) in [5.41, 5.74) is 3.95. The van der Waals surface area contributed by atoms with E-state index in [0.29, 0.717) is 30.0 Å². The molecular formula is C32H40O3. The highest BCUT2D eigenvalue weighted by Crippen LogP contribution is 2.65. The molecule has 4 aliphatic carbocycles. The summed E-state index contributed by atoms with van der Waals surface area (Å²) in [7, 11) is 0. The van der Waals surface area contributed by atoms with Crippen LogP contribution in [0.4, 0.5) is 0 Å². The van der Waals surface area contributed by atoms with Crippen LogP contribution < -0.4 is 0 Å². The third kappa shape index (κ3) is 4.15. The van der Waals surface area contributed by atoms with Crippen LogP contribution in [0.15, 0.2) is 66.3 Å². The maximum Gasteiger partial charge on any atom is 0.302 e. The van der Waals surface area contributed by atoms with E-state index < -0.39 is 0 Å². The van der Waals surface area contributed by atoms with Gasteiger partial charge in [0.25, 0.3) is 0 Å². The zero-order chi connectivity index (χ0) is 24.8. The molecule has 5 rings (SSSR count). The molecule has 186 valence electrons. The second-order valence-electron chi connectivity index (χ2n) is 11.9. The maximum atomic E-state index is 13.7. The maximum absolute atomic E-state index is 13.7. The van der Waals surface area contributed by atoms with Crippen LogP contribution in [0.5, 0.6) is 0 Å². The van der Waals surface area contributed by atoms with Gasteiger partial charge in [-0.25, -0.2) is 0 Å². The van der Waals surface area contributed by atoms with Gasteiger partial charge in [0.2, 0.25) is 0 Å². The summed E-state index contributed by atoms with van der Waals surface area (Å²) >= 11 is 0. The van der Waals surface area contributed by atoms with Crippen LogP contribution in [-0.4, -0.2) is 17.9 Å². The number of ether oxygens (including phenoxy) is 1. The number of carbonyl (C=O) groups excluding carboxylic acids is 2. The number of fused-ring (bicyclic) bond motifs is 5. The van der Waals surface area contributed by atoms with Gasteiger partial charge in [0.1, 0.15) is 6.10 Å². The molecule has 0 radical (unpaired) electrons. The highest BCUT2D eigenvalue weighted by molar-refractivity contribution is 5.97. The van der Waals surface area contributed by atoms with Crippen LogP contribution in [0, 0.1) is 28.6 Å². The van der Waals surface area contributed by atoms with Crippen molar-refractivity contribution in [2.45, 2.75) is 84.2 Å². The van der Waals surface area contributed by atoms with E-state index in [-0.39, 0.29) is 28.8 Å². The Morgan fingerprint density at radius 2 is 1.80 bits per heavy atom. The minimum absolute atomic E-state index is 0.0166. The van der Waals surface area contributed by atoms with Gasteiger partial charge in [-0.2, -0.15) is 0 Å². The van der Waals surface area contributed by atoms with E-state index in [4.69, 9.17) is 4.74 Å². The Morgan fingerprint density at radius 1 is 1.06 bits per heavy atom. The monoisotopic (exact) mass is 472 g/mol. The van der Waals surface area contributed by atoms with Crippen molar-refractivity contribution < 1.29 is 14.3 Å². The number of allylic oxidation sites excluding steroid dienone is 4. The Bertz CT molecular complexity index is 1070. The summed E-state index contributed by atoms with van der Waals surface area (Å²) in [5, 5.41) is 0. The molecule has 1 aromatic carbocycles. The fraction of sp³-hybridized carbons (Fsp3) is 0.562. The van der Waals surface area contributed by atoms with Crippen molar-refractivity contribution in [3.05, 3.63) is 71.8 Å². The molecule has 4 aliphatic rings. The number of carbonyl (C=O) groups is 2. The Balaban J connectivity index is 1.33. The van der Waals surface area contributed by atoms with Crippen molar-refractivity contribution in [2.24, 2.45) is 28.6 Å². The highest BCUT2D eigenvalue weighted by Gasteiger charge is 2.57. The lowest BCUT2D eigenvalue weighted by Crippen LogP contribution is -2.50. The molecule has 0 unspecified atom stereocenters. The van der Waals surface area contributed by atoms with Gasteiger partial charge < -0.3 is 4.74 Å². The Kier molecular flexibility index (Phi) is 6.40. The topological polar surface area (TPSA) is 43.4 Å². The van der Waals surface area contributed by atoms with Gasteiger partial charge in [-0.3, -0.25) is 9.59 Å². The molecule has 3 heteroatoms. The number of esters is 1. The molecule has 2 saturated carbocycles. The van der Waals surface area contributed by atoms with Crippen molar-refractivity contribution >= 4 is 11.8 Å². The quantitative estimate of drug-likeness (QED) is 0.321. The zero-order valence-corrected chi connectivity index (χ0v) is 21.6. The van der Waals surface area contributed by atoms with E-state index >= 15 is 0 Å². The first-order chi connectivity index (χ1) is 16.8. The van der Waals surface area contributed by atoms with Crippen molar-refractivity contribution in [1.29, 1.82) is 0 Å². The number of rotatable bonds is 6. The van der Waals surface area contributed by atoms with Gasteiger partial charge in [0.15, 0.2) is 5.78 Å². The normalized spacial score (nSPS) is 36.5. The molecule has 2 fully saturated rings. The first-order valence-electron chi connectivity index (χ1n) is 13.5. The fourth-order valence-electron chi connectivity index (χ4n) is 8.31. The van der Waals surface area contributed by atoms with Gasteiger partial charge in [-0.1, -0.05) is 68.0 Å². The number of ketones is 1. The lowest BCUT2D eigenvalue weighted by atomic mass is 9.47. The Morgan fingerprint density at radius 3 is 2.51 bits per heavy atom. The molecule has 0 saturated heterocycles. The molecule has 3 nitrogen and oxygen atoms in total. The minimum atomic E-state index is -0.165. The zero-order valence-electron chi connectivity index (χ0n) is 21.6. The van der Waals surface area contributed by atoms with E-state index in [1.54, 1.807) is 0 Å². The molecule has 0 heterocycles. The molecule has 1 aromatic rings. The van der Waals surface area contributed by atoms with E-state index in [0.717, 1.165) is 44.1 Å². The fourth-order valence-corrected chi connectivity index (χ4v) is 8.31. The van der Waals surface area contributed by atoms with Crippen LogP contribution in [0.25, 0.3) is 0 Å². The number of benzene rings is 1. The van der Waals surface area contributed by atoms with E-state index in [1.807, 2.05) is 24.3 Å². The number of hydrogen-bond acceptors (Lipinski definition) is 3. The Hall–Kier alpha value is -2.42. The van der Waals surface area contributed by atoms with Crippen molar-refractivity contribution in [2.75, 3.05) is 0 Å². The Labute approximate surface area is 210 Å². The number of hydrogen-bond donors (Lipinski definition) is 0. The summed E-state index contributed by atoms with van der Waals surface area (Å²) in [6.45, 7) is 10.4. The molecule has 0 aromatic heterocycles. The average molecular weight is 473 g/mol. The average Bonchev–Trinajstić information content (AvgIpc) is 3.20. The summed E-state index contributed by atoms with van der Waals surface area (Å²) < 4.78 is 5.59. The smallest absolute Gasteiger partial charge is 0.302 e. The van der Waals surface area contributed by atoms with Crippen LogP contribution >= 0.6 is 0 Å². The van der Waals surface area contributed by atoms with Crippen molar-refractivity contribution in [3.63, 3.8) is 0 Å². The summed E-state index contributed by atoms with van der Waals surface area (Å²) in [6.07, 6.45) is 14.6. The van der Waals surface area contributed by atoms with Crippen LogP contribution in [0.1, 0.15) is 83.6 Å². The van der Waals surface area contributed by atoms with Crippen molar-refractivity contribution in [3.8, 4) is 0 Å². The van der Waals surface area contributed by atoms with Gasteiger partial charge in [-0.15, -0.1) is 6.58 Å². The van der Waals surface area contributed by atoms with Crippen LogP contribution in [0.2, 0.25) is 0 Å². The molecule has 7 atom stereocenters. The van der Waals surface area contributed by atoms with Gasteiger partial charge in [0, 0.05) is 25.7 Å². The first kappa shape index (κ1) is 24.3. The largest absolute Gasteiger partial charge is 0.462 e. The van der Waals surface area contributed by atoms with Gasteiger partial charge >= 0.3 is 5.97 Å². The SMILES string of the molecule is C=C[C@@H](CC(=O)C1=CC[C@H]2[C@@H]3CC=C4C[C@@H](OC(C)=O)CC[C@]4(C)[C@H]3CC[C@]12C)c1ccccc1. The van der Waals surface area contributed by atoms with Crippen molar-refractivity contribution in [1.82, 2.24) is 0 Å². The second-order valence-corrected chi connectivity index (χ2v) is 11.9. The molecule has 35 heavy (non-hydrogen) atoms. The standard InChI is InChI=1S/C32H40O3/c1-5-22(23-9-7-6-8-10-23)19-30(34)29-14-13-27-26-12-11-24-20-25(35-21(2)33)15-17-31(24,3)28(26)16-18-32(27,29)4/h5-11,14,22,25-28H,1,12-13,15-20H2,2-4H3/t22-,25-,26-,27-,28-,31-,32-/m0/s1. The molecule has 0 amide bonds. The highest BCUT2D eigenvalue weighted by atomic mass is 16.5. The summed E-state index contributed by atoms with van der Waals surface area (Å²) in [4.78, 5) is 25.2. The lowest BCUT2D eigenvalue weighted by molar-refractivity contribution is -0.148. The molecule has 0 aliphatic heterocycles. The molecule has 0 spiro atoms. The van der Waals surface area contributed by atoms with E-state index in [9.17, 15) is 9.59 Å². The molecule has 0 N–H and O–H groups in total. The van der Waals surface area contributed by atoms with Gasteiger partial charge in [0.05, 0.1) is 0 Å². The minimum Gasteiger partial charge on any atom is -0.462 e. The second kappa shape index (κ2) is 9.22. The predicted octanol–water partition coefficient (Wildman–Crippen LogP) is 7.35. The van der Waals surface area contributed by atoms with E-state index in [2.05, 4.69) is 44.7 Å². The molecule has 0 bridgehead atoms. The van der Waals surface area contributed by atoms with Crippen LogP contribution in [-0.2, 0) is 14.3 Å². The summed E-state index contributed by atoms with van der Waals surface area (Å²) in [6, 6.07) is 10.3. The predicted molar refractivity (Wildman–Crippen MR) is 140 cm³/mol. The third-order valence-electron chi connectivity index (χ3n) is 10.2. The van der Waals surface area contributed by atoms with Gasteiger partial charge in [-0.05, 0) is 78.2 Å². The van der Waals surface area contributed by atoms with Crippen LogP contribution in [0.3, 0.4) is 0 Å². The third-order valence-corrected chi connectivity index (χ3v) is 10.2.